The maximum atomic E-state index is 11.6. The summed E-state index contributed by atoms with van der Waals surface area (Å²) < 4.78 is 6.40. The van der Waals surface area contributed by atoms with Crippen LogP contribution in [0.2, 0.25) is 0 Å². The summed E-state index contributed by atoms with van der Waals surface area (Å²) in [5.74, 6) is 0.619. The first-order valence-corrected chi connectivity index (χ1v) is 7.61. The highest BCUT2D eigenvalue weighted by Gasteiger charge is 2.09. The van der Waals surface area contributed by atoms with E-state index in [0.29, 0.717) is 12.3 Å². The molecule has 0 saturated carbocycles. The predicted octanol–water partition coefficient (Wildman–Crippen LogP) is 0.849. The average molecular weight is 342 g/mol. The van der Waals surface area contributed by atoms with Gasteiger partial charge < -0.3 is 15.4 Å². The second-order valence-corrected chi connectivity index (χ2v) is 5.60. The second kappa shape index (κ2) is 8.24. The molecule has 1 fully saturated rings. The van der Waals surface area contributed by atoms with Crippen molar-refractivity contribution in [1.29, 1.82) is 0 Å². The third kappa shape index (κ3) is 5.48. The largest absolute Gasteiger partial charge is 0.484 e. The van der Waals surface area contributed by atoms with Gasteiger partial charge in [-0.25, -0.2) is 0 Å². The number of amides is 1. The first kappa shape index (κ1) is 15.3. The molecule has 1 aliphatic rings. The molecule has 0 unspecified atom stereocenters. The van der Waals surface area contributed by atoms with E-state index in [2.05, 4.69) is 31.5 Å². The standard InChI is InChI=1S/C14H20BrN3O2/c15-12-1-3-13(4-2-12)20-11-14(19)17-7-10-18-8-5-16-6-9-18/h1-4,16H,5-11H2,(H,17,19). The lowest BCUT2D eigenvalue weighted by Gasteiger charge is -2.27. The lowest BCUT2D eigenvalue weighted by Crippen LogP contribution is -2.46. The number of piperazine rings is 1. The average Bonchev–Trinajstić information content (AvgIpc) is 2.48. The minimum Gasteiger partial charge on any atom is -0.484 e. The first-order valence-electron chi connectivity index (χ1n) is 6.82. The maximum absolute atomic E-state index is 11.6. The van der Waals surface area contributed by atoms with Gasteiger partial charge in [-0.05, 0) is 24.3 Å². The van der Waals surface area contributed by atoms with Gasteiger partial charge in [0, 0.05) is 43.7 Å². The summed E-state index contributed by atoms with van der Waals surface area (Å²) in [4.78, 5) is 14.0. The Morgan fingerprint density at radius 1 is 1.30 bits per heavy atom. The van der Waals surface area contributed by atoms with Crippen LogP contribution in [-0.4, -0.2) is 56.7 Å². The van der Waals surface area contributed by atoms with Crippen LogP contribution < -0.4 is 15.4 Å². The van der Waals surface area contributed by atoms with E-state index in [0.717, 1.165) is 37.2 Å². The van der Waals surface area contributed by atoms with E-state index in [4.69, 9.17) is 4.74 Å². The second-order valence-electron chi connectivity index (χ2n) is 4.68. The molecule has 2 N–H and O–H groups in total. The number of halogens is 1. The van der Waals surface area contributed by atoms with E-state index in [9.17, 15) is 4.79 Å². The molecule has 0 radical (unpaired) electrons. The van der Waals surface area contributed by atoms with Crippen molar-refractivity contribution in [3.63, 3.8) is 0 Å². The summed E-state index contributed by atoms with van der Waals surface area (Å²) in [7, 11) is 0. The molecule has 20 heavy (non-hydrogen) atoms. The van der Waals surface area contributed by atoms with Gasteiger partial charge in [0.2, 0.25) is 0 Å². The number of hydrogen-bond acceptors (Lipinski definition) is 4. The highest BCUT2D eigenvalue weighted by molar-refractivity contribution is 9.10. The zero-order chi connectivity index (χ0) is 14.2. The number of carbonyl (C=O) groups is 1. The van der Waals surface area contributed by atoms with Gasteiger partial charge in [0.25, 0.3) is 5.91 Å². The van der Waals surface area contributed by atoms with Crippen molar-refractivity contribution in [1.82, 2.24) is 15.5 Å². The normalized spacial score (nSPS) is 15.8. The molecule has 1 heterocycles. The molecule has 1 aliphatic heterocycles. The van der Waals surface area contributed by atoms with E-state index in [-0.39, 0.29) is 12.5 Å². The minimum absolute atomic E-state index is 0.0587. The van der Waals surface area contributed by atoms with Gasteiger partial charge in [-0.2, -0.15) is 0 Å². The van der Waals surface area contributed by atoms with Crippen LogP contribution in [0.3, 0.4) is 0 Å². The summed E-state index contributed by atoms with van der Waals surface area (Å²) in [6.45, 7) is 5.77. The number of nitrogens with zero attached hydrogens (tertiary/aromatic N) is 1. The molecule has 0 spiro atoms. The molecular weight excluding hydrogens is 322 g/mol. The summed E-state index contributed by atoms with van der Waals surface area (Å²) in [6, 6.07) is 7.44. The van der Waals surface area contributed by atoms with Crippen LogP contribution in [0.5, 0.6) is 5.75 Å². The fourth-order valence-corrected chi connectivity index (χ4v) is 2.28. The van der Waals surface area contributed by atoms with E-state index in [1.54, 1.807) is 0 Å². The van der Waals surface area contributed by atoms with Crippen LogP contribution in [-0.2, 0) is 4.79 Å². The fraction of sp³-hybridized carbons (Fsp3) is 0.500. The van der Waals surface area contributed by atoms with Gasteiger partial charge in [0.1, 0.15) is 5.75 Å². The molecule has 110 valence electrons. The Kier molecular flexibility index (Phi) is 6.29. The van der Waals surface area contributed by atoms with Crippen LogP contribution in [0.1, 0.15) is 0 Å². The zero-order valence-electron chi connectivity index (χ0n) is 11.4. The Balaban J connectivity index is 1.59. The Morgan fingerprint density at radius 2 is 2.00 bits per heavy atom. The van der Waals surface area contributed by atoms with Gasteiger partial charge in [-0.1, -0.05) is 15.9 Å². The van der Waals surface area contributed by atoms with E-state index in [1.807, 2.05) is 24.3 Å². The van der Waals surface area contributed by atoms with Gasteiger partial charge >= 0.3 is 0 Å². The molecule has 1 saturated heterocycles. The highest BCUT2D eigenvalue weighted by Crippen LogP contribution is 2.15. The van der Waals surface area contributed by atoms with Crippen molar-refractivity contribution in [2.24, 2.45) is 0 Å². The molecule has 6 heteroatoms. The molecule has 0 aromatic heterocycles. The smallest absolute Gasteiger partial charge is 0.257 e. The van der Waals surface area contributed by atoms with Crippen LogP contribution in [0, 0.1) is 0 Å². The fourth-order valence-electron chi connectivity index (χ4n) is 2.02. The monoisotopic (exact) mass is 341 g/mol. The number of rotatable bonds is 6. The molecule has 2 rings (SSSR count). The van der Waals surface area contributed by atoms with Crippen molar-refractivity contribution >= 4 is 21.8 Å². The van der Waals surface area contributed by atoms with Gasteiger partial charge in [0.15, 0.2) is 6.61 Å². The van der Waals surface area contributed by atoms with Crippen LogP contribution in [0.15, 0.2) is 28.7 Å². The Bertz CT molecular complexity index is 419. The summed E-state index contributed by atoms with van der Waals surface area (Å²) >= 11 is 3.35. The number of carbonyl (C=O) groups excluding carboxylic acids is 1. The summed E-state index contributed by atoms with van der Waals surface area (Å²) in [6.07, 6.45) is 0. The van der Waals surface area contributed by atoms with Crippen molar-refractivity contribution in [2.45, 2.75) is 0 Å². The van der Waals surface area contributed by atoms with Crippen molar-refractivity contribution in [2.75, 3.05) is 45.9 Å². The molecule has 0 atom stereocenters. The Morgan fingerprint density at radius 3 is 2.70 bits per heavy atom. The Hall–Kier alpha value is -1.11. The number of benzene rings is 1. The van der Waals surface area contributed by atoms with Crippen molar-refractivity contribution in [3.8, 4) is 5.75 Å². The molecule has 1 aromatic carbocycles. The summed E-state index contributed by atoms with van der Waals surface area (Å²) in [5.41, 5.74) is 0. The van der Waals surface area contributed by atoms with Crippen LogP contribution in [0.25, 0.3) is 0 Å². The number of hydrogen-bond donors (Lipinski definition) is 2. The maximum Gasteiger partial charge on any atom is 0.257 e. The molecular formula is C14H20BrN3O2. The number of nitrogens with one attached hydrogen (secondary N) is 2. The van der Waals surface area contributed by atoms with E-state index < -0.39 is 0 Å². The summed E-state index contributed by atoms with van der Waals surface area (Å²) in [5, 5.41) is 6.18. The topological polar surface area (TPSA) is 53.6 Å². The predicted molar refractivity (Wildman–Crippen MR) is 82.0 cm³/mol. The third-order valence-electron chi connectivity index (χ3n) is 3.14. The molecule has 0 bridgehead atoms. The van der Waals surface area contributed by atoms with Crippen LogP contribution >= 0.6 is 15.9 Å². The lowest BCUT2D eigenvalue weighted by atomic mass is 10.3. The first-order chi connectivity index (χ1) is 9.74. The Labute approximate surface area is 127 Å². The van der Waals surface area contributed by atoms with Gasteiger partial charge in [-0.15, -0.1) is 0 Å². The number of ether oxygens (including phenoxy) is 1. The SMILES string of the molecule is O=C(COc1ccc(Br)cc1)NCCN1CCNCC1. The van der Waals surface area contributed by atoms with Gasteiger partial charge in [0.05, 0.1) is 0 Å². The van der Waals surface area contributed by atoms with Crippen LogP contribution in [0.4, 0.5) is 0 Å². The molecule has 5 nitrogen and oxygen atoms in total. The van der Waals surface area contributed by atoms with E-state index >= 15 is 0 Å². The third-order valence-corrected chi connectivity index (χ3v) is 3.67. The van der Waals surface area contributed by atoms with Gasteiger partial charge in [-0.3, -0.25) is 9.69 Å². The molecule has 1 aromatic rings. The minimum atomic E-state index is -0.0805. The zero-order valence-corrected chi connectivity index (χ0v) is 13.0. The lowest BCUT2D eigenvalue weighted by molar-refractivity contribution is -0.123. The molecule has 1 amide bonds. The quantitative estimate of drug-likeness (QED) is 0.805. The van der Waals surface area contributed by atoms with E-state index in [1.165, 1.54) is 0 Å². The van der Waals surface area contributed by atoms with Crippen molar-refractivity contribution < 1.29 is 9.53 Å². The van der Waals surface area contributed by atoms with Crippen molar-refractivity contribution in [3.05, 3.63) is 28.7 Å². The highest BCUT2D eigenvalue weighted by atomic mass is 79.9. The molecule has 0 aliphatic carbocycles.